The van der Waals surface area contributed by atoms with Gasteiger partial charge < -0.3 is 4.57 Å². The van der Waals surface area contributed by atoms with Crippen LogP contribution in [-0.4, -0.2) is 4.57 Å². The van der Waals surface area contributed by atoms with Gasteiger partial charge in [-0.15, -0.1) is 0 Å². The van der Waals surface area contributed by atoms with Crippen molar-refractivity contribution in [3.05, 3.63) is 69.8 Å². The van der Waals surface area contributed by atoms with Crippen molar-refractivity contribution < 1.29 is 8.78 Å². The van der Waals surface area contributed by atoms with Gasteiger partial charge in [0.1, 0.15) is 11.6 Å². The van der Waals surface area contributed by atoms with Crippen LogP contribution in [0.1, 0.15) is 11.1 Å². The van der Waals surface area contributed by atoms with Crippen molar-refractivity contribution in [3.8, 4) is 6.07 Å². The van der Waals surface area contributed by atoms with E-state index in [-0.39, 0.29) is 16.6 Å². The molecule has 0 saturated heterocycles. The normalized spacial score (nSPS) is 10.8. The molecule has 5 heteroatoms. The first kappa shape index (κ1) is 13.8. The Bertz CT molecular complexity index is 878. The van der Waals surface area contributed by atoms with Gasteiger partial charge in [-0.2, -0.15) is 5.26 Å². The van der Waals surface area contributed by atoms with Crippen LogP contribution in [0.5, 0.6) is 0 Å². The van der Waals surface area contributed by atoms with Crippen molar-refractivity contribution in [2.24, 2.45) is 0 Å². The Morgan fingerprint density at radius 2 is 1.95 bits per heavy atom. The third-order valence-corrected chi connectivity index (χ3v) is 3.98. The summed E-state index contributed by atoms with van der Waals surface area (Å²) in [5.74, 6) is -1.19. The summed E-state index contributed by atoms with van der Waals surface area (Å²) in [6.45, 7) is 0.0650. The second-order valence-electron chi connectivity index (χ2n) is 4.65. The van der Waals surface area contributed by atoms with Gasteiger partial charge in [0.05, 0.1) is 22.7 Å². The van der Waals surface area contributed by atoms with Gasteiger partial charge in [0, 0.05) is 17.3 Å². The van der Waals surface area contributed by atoms with Crippen LogP contribution in [-0.2, 0) is 6.54 Å². The van der Waals surface area contributed by atoms with E-state index >= 15 is 0 Å². The van der Waals surface area contributed by atoms with Gasteiger partial charge in [0.15, 0.2) is 0 Å². The van der Waals surface area contributed by atoms with Crippen LogP contribution in [0.25, 0.3) is 10.9 Å². The van der Waals surface area contributed by atoms with Gasteiger partial charge in [0.25, 0.3) is 0 Å². The molecule has 0 atom stereocenters. The fourth-order valence-electron chi connectivity index (χ4n) is 2.28. The van der Waals surface area contributed by atoms with Gasteiger partial charge in [-0.25, -0.2) is 8.78 Å². The Hall–Kier alpha value is -2.19. The summed E-state index contributed by atoms with van der Waals surface area (Å²) in [6, 6.07) is 11.7. The highest BCUT2D eigenvalue weighted by molar-refractivity contribution is 9.10. The number of fused-ring (bicyclic) bond motifs is 1. The van der Waals surface area contributed by atoms with E-state index in [4.69, 9.17) is 5.26 Å². The lowest BCUT2D eigenvalue weighted by atomic mass is 10.1. The summed E-state index contributed by atoms with van der Waals surface area (Å²) < 4.78 is 29.8. The number of halogens is 3. The maximum atomic E-state index is 14.0. The minimum absolute atomic E-state index is 0.00997. The summed E-state index contributed by atoms with van der Waals surface area (Å²) in [7, 11) is 0. The van der Waals surface area contributed by atoms with Gasteiger partial charge in [-0.1, -0.05) is 6.07 Å². The van der Waals surface area contributed by atoms with Crippen molar-refractivity contribution in [1.29, 1.82) is 5.26 Å². The van der Waals surface area contributed by atoms with Gasteiger partial charge >= 0.3 is 0 Å². The first-order valence-corrected chi connectivity index (χ1v) is 7.01. The summed E-state index contributed by atoms with van der Waals surface area (Å²) in [5, 5.41) is 9.88. The zero-order valence-electron chi connectivity index (χ0n) is 10.8. The lowest BCUT2D eigenvalue weighted by Gasteiger charge is -2.09. The SMILES string of the molecule is N#Cc1ccc2ccn(Cc3c(F)ccc(Br)c3F)c2c1. The van der Waals surface area contributed by atoms with Crippen LogP contribution in [0.15, 0.2) is 47.1 Å². The molecule has 0 fully saturated rings. The number of aromatic nitrogens is 1. The van der Waals surface area contributed by atoms with E-state index in [1.54, 1.807) is 22.9 Å². The second-order valence-corrected chi connectivity index (χ2v) is 5.51. The van der Waals surface area contributed by atoms with E-state index in [9.17, 15) is 8.78 Å². The maximum absolute atomic E-state index is 14.0. The lowest BCUT2D eigenvalue weighted by molar-refractivity contribution is 0.543. The number of benzene rings is 2. The second kappa shape index (κ2) is 5.30. The molecule has 1 heterocycles. The molecule has 0 aliphatic carbocycles. The highest BCUT2D eigenvalue weighted by Crippen LogP contribution is 2.25. The Morgan fingerprint density at radius 1 is 1.14 bits per heavy atom. The first-order valence-electron chi connectivity index (χ1n) is 6.21. The molecule has 104 valence electrons. The third-order valence-electron chi connectivity index (χ3n) is 3.37. The molecule has 0 aliphatic heterocycles. The highest BCUT2D eigenvalue weighted by atomic mass is 79.9. The largest absolute Gasteiger partial charge is 0.343 e. The first-order chi connectivity index (χ1) is 10.1. The van der Waals surface area contributed by atoms with E-state index in [1.165, 1.54) is 12.1 Å². The number of nitriles is 1. The third kappa shape index (κ3) is 2.43. The summed E-state index contributed by atoms with van der Waals surface area (Å²) in [5.41, 5.74) is 1.27. The molecule has 0 unspecified atom stereocenters. The summed E-state index contributed by atoms with van der Waals surface area (Å²) >= 11 is 3.06. The molecule has 0 bridgehead atoms. The molecule has 0 amide bonds. The number of nitrogens with zero attached hydrogens (tertiary/aromatic N) is 2. The Balaban J connectivity index is 2.11. The lowest BCUT2D eigenvalue weighted by Crippen LogP contribution is -2.04. The van der Waals surface area contributed by atoms with E-state index in [1.807, 2.05) is 12.1 Å². The highest BCUT2D eigenvalue weighted by Gasteiger charge is 2.14. The molecule has 21 heavy (non-hydrogen) atoms. The molecule has 1 aromatic heterocycles. The molecule has 2 nitrogen and oxygen atoms in total. The van der Waals surface area contributed by atoms with Crippen molar-refractivity contribution in [1.82, 2.24) is 4.57 Å². The Labute approximate surface area is 128 Å². The van der Waals surface area contributed by atoms with Crippen LogP contribution in [0.3, 0.4) is 0 Å². The zero-order valence-corrected chi connectivity index (χ0v) is 12.4. The molecule has 0 spiro atoms. The Morgan fingerprint density at radius 3 is 2.71 bits per heavy atom. The van der Waals surface area contributed by atoms with Gasteiger partial charge in [-0.3, -0.25) is 0 Å². The topological polar surface area (TPSA) is 28.7 Å². The standard InChI is InChI=1S/C16H9BrF2N2/c17-13-3-4-14(18)12(16(13)19)9-21-6-5-11-2-1-10(8-20)7-15(11)21/h1-7H,9H2. The van der Waals surface area contributed by atoms with Crippen LogP contribution in [0.4, 0.5) is 8.78 Å². The van der Waals surface area contributed by atoms with E-state index in [2.05, 4.69) is 22.0 Å². The van der Waals surface area contributed by atoms with Crippen LogP contribution >= 0.6 is 15.9 Å². The monoisotopic (exact) mass is 346 g/mol. The van der Waals surface area contributed by atoms with E-state index in [0.717, 1.165) is 10.9 Å². The molecule has 0 aliphatic rings. The molecular weight excluding hydrogens is 338 g/mol. The molecule has 0 saturated carbocycles. The molecule has 2 aromatic carbocycles. The predicted octanol–water partition coefficient (Wildman–Crippen LogP) is 4.60. The van der Waals surface area contributed by atoms with Gasteiger partial charge in [0.2, 0.25) is 0 Å². The fraction of sp³-hybridized carbons (Fsp3) is 0.0625. The van der Waals surface area contributed by atoms with Crippen LogP contribution < -0.4 is 0 Å². The average molecular weight is 347 g/mol. The zero-order chi connectivity index (χ0) is 15.0. The molecule has 0 N–H and O–H groups in total. The summed E-state index contributed by atoms with van der Waals surface area (Å²) in [4.78, 5) is 0. The van der Waals surface area contributed by atoms with Crippen LogP contribution in [0, 0.1) is 23.0 Å². The van der Waals surface area contributed by atoms with Crippen molar-refractivity contribution in [3.63, 3.8) is 0 Å². The average Bonchev–Trinajstić information content (AvgIpc) is 2.89. The number of rotatable bonds is 2. The molecule has 0 radical (unpaired) electrons. The predicted molar refractivity (Wildman–Crippen MR) is 79.8 cm³/mol. The quantitative estimate of drug-likeness (QED) is 0.623. The van der Waals surface area contributed by atoms with Gasteiger partial charge in [-0.05, 0) is 51.6 Å². The number of hydrogen-bond acceptors (Lipinski definition) is 1. The Kier molecular flexibility index (Phi) is 3.48. The fourth-order valence-corrected chi connectivity index (χ4v) is 2.65. The van der Waals surface area contributed by atoms with Crippen molar-refractivity contribution in [2.75, 3.05) is 0 Å². The summed E-state index contributed by atoms with van der Waals surface area (Å²) in [6.07, 6.45) is 1.76. The molecule has 3 aromatic rings. The van der Waals surface area contributed by atoms with Crippen LogP contribution in [0.2, 0.25) is 0 Å². The molecular formula is C16H9BrF2N2. The maximum Gasteiger partial charge on any atom is 0.145 e. The minimum Gasteiger partial charge on any atom is -0.343 e. The van der Waals surface area contributed by atoms with Crippen molar-refractivity contribution in [2.45, 2.75) is 6.54 Å². The molecule has 3 rings (SSSR count). The smallest absolute Gasteiger partial charge is 0.145 e. The van der Waals surface area contributed by atoms with Crippen molar-refractivity contribution >= 4 is 26.8 Å². The number of hydrogen-bond donors (Lipinski definition) is 0. The minimum atomic E-state index is -0.603. The van der Waals surface area contributed by atoms with E-state index < -0.39 is 11.6 Å². The van der Waals surface area contributed by atoms with E-state index in [0.29, 0.717) is 5.56 Å².